The predicted octanol–water partition coefficient (Wildman–Crippen LogP) is 2.91. The first-order valence-corrected chi connectivity index (χ1v) is 6.10. The monoisotopic (exact) mass is 240 g/mol. The lowest BCUT2D eigenvalue weighted by Gasteiger charge is -2.19. The average Bonchev–Trinajstić information content (AvgIpc) is 2.76. The Bertz CT molecular complexity index is 376. The third-order valence-corrected chi connectivity index (χ3v) is 3.13. The lowest BCUT2D eigenvalue weighted by Crippen LogP contribution is -2.29. The van der Waals surface area contributed by atoms with Crippen LogP contribution in [0.3, 0.4) is 0 Å². The van der Waals surface area contributed by atoms with Gasteiger partial charge in [0.25, 0.3) is 0 Å². The number of halogens is 2. The normalized spacial score (nSPS) is 21.5. The Labute approximate surface area is 100 Å². The number of nitrogens with one attached hydrogen (secondary N) is 2. The summed E-state index contributed by atoms with van der Waals surface area (Å²) >= 11 is 0. The smallest absolute Gasteiger partial charge is 0.146 e. The molecule has 4 heteroatoms. The molecule has 1 aromatic carbocycles. The highest BCUT2D eigenvalue weighted by Gasteiger charge is 2.17. The summed E-state index contributed by atoms with van der Waals surface area (Å²) in [6.45, 7) is 3.05. The number of benzene rings is 1. The van der Waals surface area contributed by atoms with Crippen LogP contribution in [0, 0.1) is 11.6 Å². The Kier molecular flexibility index (Phi) is 3.94. The first kappa shape index (κ1) is 12.3. The number of hydrogen-bond donors (Lipinski definition) is 2. The van der Waals surface area contributed by atoms with Crippen LogP contribution in [0.5, 0.6) is 0 Å². The van der Waals surface area contributed by atoms with E-state index in [-0.39, 0.29) is 11.7 Å². The van der Waals surface area contributed by atoms with Crippen molar-refractivity contribution in [2.24, 2.45) is 0 Å². The van der Waals surface area contributed by atoms with Gasteiger partial charge in [-0.1, -0.05) is 0 Å². The molecular formula is C13H18F2N2. The van der Waals surface area contributed by atoms with Crippen molar-refractivity contribution in [2.45, 2.75) is 38.3 Å². The van der Waals surface area contributed by atoms with Crippen LogP contribution in [0.25, 0.3) is 0 Å². The quantitative estimate of drug-likeness (QED) is 0.845. The number of rotatable bonds is 4. The molecule has 2 atom stereocenters. The highest BCUT2D eigenvalue weighted by Crippen LogP contribution is 2.19. The van der Waals surface area contributed by atoms with E-state index in [1.807, 2.05) is 6.92 Å². The molecule has 2 nitrogen and oxygen atoms in total. The van der Waals surface area contributed by atoms with E-state index in [2.05, 4.69) is 10.6 Å². The summed E-state index contributed by atoms with van der Waals surface area (Å²) < 4.78 is 26.4. The fourth-order valence-electron chi connectivity index (χ4n) is 2.32. The molecule has 2 unspecified atom stereocenters. The minimum atomic E-state index is -0.417. The molecule has 1 aromatic rings. The van der Waals surface area contributed by atoms with Crippen molar-refractivity contribution in [2.75, 3.05) is 11.9 Å². The molecule has 0 saturated carbocycles. The van der Waals surface area contributed by atoms with Crippen LogP contribution in [0.4, 0.5) is 14.5 Å². The van der Waals surface area contributed by atoms with Gasteiger partial charge in [0.15, 0.2) is 0 Å². The van der Waals surface area contributed by atoms with Crippen LogP contribution in [0.1, 0.15) is 26.2 Å². The highest BCUT2D eigenvalue weighted by molar-refractivity contribution is 5.45. The molecule has 1 aliphatic heterocycles. The van der Waals surface area contributed by atoms with Gasteiger partial charge in [0.1, 0.15) is 11.6 Å². The summed E-state index contributed by atoms with van der Waals surface area (Å²) in [5.41, 5.74) is 0.246. The average molecular weight is 240 g/mol. The molecule has 1 heterocycles. The first-order valence-electron chi connectivity index (χ1n) is 6.10. The van der Waals surface area contributed by atoms with Crippen LogP contribution in [0.2, 0.25) is 0 Å². The molecule has 2 rings (SSSR count). The molecule has 2 N–H and O–H groups in total. The van der Waals surface area contributed by atoms with E-state index in [0.717, 1.165) is 31.5 Å². The molecule has 0 spiro atoms. The van der Waals surface area contributed by atoms with Gasteiger partial charge in [-0.2, -0.15) is 0 Å². The van der Waals surface area contributed by atoms with E-state index in [9.17, 15) is 8.78 Å². The third kappa shape index (κ3) is 3.40. The molecule has 0 aromatic heterocycles. The second-order valence-electron chi connectivity index (χ2n) is 4.70. The van der Waals surface area contributed by atoms with Gasteiger partial charge in [0.05, 0.1) is 5.69 Å². The maximum Gasteiger partial charge on any atom is 0.146 e. The van der Waals surface area contributed by atoms with Gasteiger partial charge in [0, 0.05) is 12.1 Å². The summed E-state index contributed by atoms with van der Waals surface area (Å²) in [5, 5.41) is 6.41. The molecule has 0 radical (unpaired) electrons. The first-order chi connectivity index (χ1) is 8.15. The second-order valence-corrected chi connectivity index (χ2v) is 4.70. The van der Waals surface area contributed by atoms with E-state index < -0.39 is 11.6 Å². The van der Waals surface area contributed by atoms with Crippen molar-refractivity contribution in [3.63, 3.8) is 0 Å². The van der Waals surface area contributed by atoms with Gasteiger partial charge in [-0.15, -0.1) is 0 Å². The van der Waals surface area contributed by atoms with Crippen molar-refractivity contribution >= 4 is 5.69 Å². The molecular weight excluding hydrogens is 222 g/mol. The Hall–Kier alpha value is -1.16. The van der Waals surface area contributed by atoms with E-state index in [0.29, 0.717) is 6.04 Å². The Balaban J connectivity index is 1.92. The van der Waals surface area contributed by atoms with Crippen molar-refractivity contribution in [1.82, 2.24) is 5.32 Å². The summed E-state index contributed by atoms with van der Waals surface area (Å²) in [5.74, 6) is -0.822. The van der Waals surface area contributed by atoms with Crippen molar-refractivity contribution < 1.29 is 8.78 Å². The van der Waals surface area contributed by atoms with Crippen LogP contribution >= 0.6 is 0 Å². The Morgan fingerprint density at radius 3 is 3.00 bits per heavy atom. The lowest BCUT2D eigenvalue weighted by molar-refractivity contribution is 0.520. The zero-order valence-corrected chi connectivity index (χ0v) is 9.97. The van der Waals surface area contributed by atoms with E-state index >= 15 is 0 Å². The van der Waals surface area contributed by atoms with E-state index in [4.69, 9.17) is 0 Å². The van der Waals surface area contributed by atoms with Gasteiger partial charge in [-0.25, -0.2) is 8.78 Å². The molecule has 17 heavy (non-hydrogen) atoms. The zero-order valence-electron chi connectivity index (χ0n) is 9.97. The molecule has 0 amide bonds. The molecule has 0 bridgehead atoms. The summed E-state index contributed by atoms with van der Waals surface area (Å²) in [4.78, 5) is 0. The molecule has 1 aliphatic rings. The van der Waals surface area contributed by atoms with Crippen LogP contribution in [-0.4, -0.2) is 18.6 Å². The topological polar surface area (TPSA) is 24.1 Å². The van der Waals surface area contributed by atoms with Gasteiger partial charge in [-0.05, 0) is 50.9 Å². The zero-order chi connectivity index (χ0) is 12.3. The third-order valence-electron chi connectivity index (χ3n) is 3.13. The minimum Gasteiger partial charge on any atom is -0.380 e. The van der Waals surface area contributed by atoms with Gasteiger partial charge < -0.3 is 10.6 Å². The Morgan fingerprint density at radius 1 is 1.47 bits per heavy atom. The summed E-state index contributed by atoms with van der Waals surface area (Å²) in [7, 11) is 0. The van der Waals surface area contributed by atoms with Crippen molar-refractivity contribution in [1.29, 1.82) is 0 Å². The van der Waals surface area contributed by atoms with Crippen LogP contribution in [0.15, 0.2) is 18.2 Å². The molecule has 94 valence electrons. The van der Waals surface area contributed by atoms with E-state index in [1.165, 1.54) is 12.5 Å². The molecule has 1 fully saturated rings. The van der Waals surface area contributed by atoms with Crippen LogP contribution in [-0.2, 0) is 0 Å². The molecule has 0 aliphatic carbocycles. The summed E-state index contributed by atoms with van der Waals surface area (Å²) in [6, 6.07) is 4.10. The SMILES string of the molecule is CC(CC1CCCN1)Nc1cc(F)ccc1F. The highest BCUT2D eigenvalue weighted by atomic mass is 19.1. The lowest BCUT2D eigenvalue weighted by atomic mass is 10.1. The number of hydrogen-bond acceptors (Lipinski definition) is 2. The number of anilines is 1. The predicted molar refractivity (Wildman–Crippen MR) is 65.1 cm³/mol. The maximum atomic E-state index is 13.4. The van der Waals surface area contributed by atoms with Crippen molar-refractivity contribution in [3.05, 3.63) is 29.8 Å². The summed E-state index contributed by atoms with van der Waals surface area (Å²) in [6.07, 6.45) is 3.29. The van der Waals surface area contributed by atoms with Crippen molar-refractivity contribution in [3.8, 4) is 0 Å². The maximum absolute atomic E-state index is 13.4. The largest absolute Gasteiger partial charge is 0.380 e. The minimum absolute atomic E-state index is 0.127. The van der Waals surface area contributed by atoms with Crippen LogP contribution < -0.4 is 10.6 Å². The van der Waals surface area contributed by atoms with Gasteiger partial charge in [-0.3, -0.25) is 0 Å². The van der Waals surface area contributed by atoms with E-state index in [1.54, 1.807) is 0 Å². The van der Waals surface area contributed by atoms with Gasteiger partial charge >= 0.3 is 0 Å². The van der Waals surface area contributed by atoms with Gasteiger partial charge in [0.2, 0.25) is 0 Å². The standard InChI is InChI=1S/C13H18F2N2/c1-9(7-11-3-2-6-16-11)17-13-8-10(14)4-5-12(13)15/h4-5,8-9,11,16-17H,2-3,6-7H2,1H3. The fraction of sp³-hybridized carbons (Fsp3) is 0.538. The fourth-order valence-corrected chi connectivity index (χ4v) is 2.32. The second kappa shape index (κ2) is 5.45. The Morgan fingerprint density at radius 2 is 2.29 bits per heavy atom. The molecule has 1 saturated heterocycles.